The molecule has 0 radical (unpaired) electrons. The van der Waals surface area contributed by atoms with E-state index in [9.17, 15) is 9.59 Å². The van der Waals surface area contributed by atoms with Gasteiger partial charge in [-0.05, 0) is 37.5 Å². The SMILES string of the molecule is CC1=C(C(=O)OC[C@@H]2CCCO2)[C@@H](c2ccc3c(c2)OCO3)NC(=O)N1. The average molecular weight is 360 g/mol. The summed E-state index contributed by atoms with van der Waals surface area (Å²) >= 11 is 0. The number of esters is 1. The summed E-state index contributed by atoms with van der Waals surface area (Å²) in [6, 6.07) is 4.32. The zero-order valence-corrected chi connectivity index (χ0v) is 14.4. The van der Waals surface area contributed by atoms with Gasteiger partial charge in [-0.2, -0.15) is 0 Å². The molecule has 1 saturated heterocycles. The molecule has 1 fully saturated rings. The number of rotatable bonds is 4. The highest BCUT2D eigenvalue weighted by Crippen LogP contribution is 2.37. The van der Waals surface area contributed by atoms with Gasteiger partial charge >= 0.3 is 12.0 Å². The number of hydrogen-bond acceptors (Lipinski definition) is 6. The minimum absolute atomic E-state index is 0.0602. The van der Waals surface area contributed by atoms with Gasteiger partial charge < -0.3 is 29.6 Å². The highest BCUT2D eigenvalue weighted by atomic mass is 16.7. The van der Waals surface area contributed by atoms with Gasteiger partial charge in [0.1, 0.15) is 6.61 Å². The fraction of sp³-hybridized carbons (Fsp3) is 0.444. The van der Waals surface area contributed by atoms with E-state index in [4.69, 9.17) is 18.9 Å². The number of benzene rings is 1. The number of carbonyl (C=O) groups excluding carboxylic acids is 2. The van der Waals surface area contributed by atoms with E-state index in [0.717, 1.165) is 12.8 Å². The molecule has 0 spiro atoms. The monoisotopic (exact) mass is 360 g/mol. The van der Waals surface area contributed by atoms with Crippen LogP contribution in [0.1, 0.15) is 31.4 Å². The summed E-state index contributed by atoms with van der Waals surface area (Å²) in [6.07, 6.45) is 1.79. The summed E-state index contributed by atoms with van der Waals surface area (Å²) in [6.45, 7) is 2.74. The second-order valence-electron chi connectivity index (χ2n) is 6.42. The first-order valence-corrected chi connectivity index (χ1v) is 8.58. The van der Waals surface area contributed by atoms with Gasteiger partial charge in [-0.25, -0.2) is 9.59 Å². The molecule has 8 heteroatoms. The normalized spacial score (nSPS) is 24.3. The molecule has 3 aliphatic rings. The topological polar surface area (TPSA) is 95.1 Å². The van der Waals surface area contributed by atoms with Crippen LogP contribution in [-0.4, -0.2) is 38.1 Å². The van der Waals surface area contributed by atoms with Gasteiger partial charge in [0.2, 0.25) is 6.79 Å². The first-order chi connectivity index (χ1) is 12.6. The van der Waals surface area contributed by atoms with Crippen molar-refractivity contribution in [3.63, 3.8) is 0 Å². The van der Waals surface area contributed by atoms with Gasteiger partial charge in [-0.15, -0.1) is 0 Å². The Balaban J connectivity index is 1.57. The Labute approximate surface area is 150 Å². The second-order valence-corrected chi connectivity index (χ2v) is 6.42. The fourth-order valence-corrected chi connectivity index (χ4v) is 3.33. The van der Waals surface area contributed by atoms with Crippen LogP contribution in [0, 0.1) is 0 Å². The minimum Gasteiger partial charge on any atom is -0.459 e. The molecule has 0 unspecified atom stereocenters. The molecule has 0 bridgehead atoms. The summed E-state index contributed by atoms with van der Waals surface area (Å²) in [7, 11) is 0. The summed E-state index contributed by atoms with van der Waals surface area (Å²) in [4.78, 5) is 24.6. The van der Waals surface area contributed by atoms with Crippen molar-refractivity contribution in [2.75, 3.05) is 20.0 Å². The number of amides is 2. The van der Waals surface area contributed by atoms with Gasteiger partial charge in [-0.1, -0.05) is 6.07 Å². The van der Waals surface area contributed by atoms with Crippen LogP contribution in [0.2, 0.25) is 0 Å². The third-order valence-electron chi connectivity index (χ3n) is 4.64. The van der Waals surface area contributed by atoms with E-state index in [2.05, 4.69) is 10.6 Å². The first-order valence-electron chi connectivity index (χ1n) is 8.58. The third-order valence-corrected chi connectivity index (χ3v) is 4.64. The molecule has 138 valence electrons. The maximum atomic E-state index is 12.7. The van der Waals surface area contributed by atoms with Crippen LogP contribution in [-0.2, 0) is 14.3 Å². The van der Waals surface area contributed by atoms with Gasteiger partial charge in [0, 0.05) is 12.3 Å². The van der Waals surface area contributed by atoms with Gasteiger partial charge in [-0.3, -0.25) is 0 Å². The number of ether oxygens (including phenoxy) is 4. The van der Waals surface area contributed by atoms with E-state index in [0.29, 0.717) is 34.9 Å². The molecule has 3 heterocycles. The Bertz CT molecular complexity index is 769. The minimum atomic E-state index is -0.629. The zero-order chi connectivity index (χ0) is 18.1. The molecule has 4 rings (SSSR count). The maximum Gasteiger partial charge on any atom is 0.338 e. The Morgan fingerprint density at radius 1 is 1.31 bits per heavy atom. The lowest BCUT2D eigenvalue weighted by Gasteiger charge is -2.28. The quantitative estimate of drug-likeness (QED) is 0.795. The molecule has 3 aliphatic heterocycles. The lowest BCUT2D eigenvalue weighted by atomic mass is 9.95. The predicted molar refractivity (Wildman–Crippen MR) is 89.6 cm³/mol. The summed E-state index contributed by atoms with van der Waals surface area (Å²) in [5.74, 6) is 0.741. The molecule has 0 aliphatic carbocycles. The second kappa shape index (κ2) is 6.87. The molecular weight excluding hydrogens is 340 g/mol. The molecule has 2 N–H and O–H groups in total. The van der Waals surface area contributed by atoms with Crippen LogP contribution in [0.3, 0.4) is 0 Å². The number of allylic oxidation sites excluding steroid dienone is 1. The predicted octanol–water partition coefficient (Wildman–Crippen LogP) is 1.77. The van der Waals surface area contributed by atoms with Crippen molar-refractivity contribution in [1.82, 2.24) is 10.6 Å². The highest BCUT2D eigenvalue weighted by molar-refractivity contribution is 5.95. The van der Waals surface area contributed by atoms with Gasteiger partial charge in [0.15, 0.2) is 11.5 Å². The van der Waals surface area contributed by atoms with E-state index in [1.54, 1.807) is 25.1 Å². The van der Waals surface area contributed by atoms with Crippen LogP contribution < -0.4 is 20.1 Å². The molecular formula is C18H20N2O6. The number of fused-ring (bicyclic) bond motifs is 1. The standard InChI is InChI=1S/C18H20N2O6/c1-10-15(17(21)24-8-12-3-2-6-23-12)16(20-18(22)19-10)11-4-5-13-14(7-11)26-9-25-13/h4-5,7,12,16H,2-3,6,8-9H2,1H3,(H2,19,20,22)/t12-,16+/m0/s1. The molecule has 2 amide bonds. The molecule has 1 aromatic carbocycles. The Morgan fingerprint density at radius 3 is 2.96 bits per heavy atom. The molecule has 0 aromatic heterocycles. The van der Waals surface area contributed by atoms with Crippen molar-refractivity contribution >= 4 is 12.0 Å². The molecule has 0 saturated carbocycles. The summed E-state index contributed by atoms with van der Waals surface area (Å²) < 4.78 is 21.6. The first kappa shape index (κ1) is 16.7. The van der Waals surface area contributed by atoms with Crippen molar-refractivity contribution in [2.24, 2.45) is 0 Å². The van der Waals surface area contributed by atoms with Crippen molar-refractivity contribution < 1.29 is 28.5 Å². The maximum absolute atomic E-state index is 12.7. The lowest BCUT2D eigenvalue weighted by molar-refractivity contribution is -0.142. The lowest BCUT2D eigenvalue weighted by Crippen LogP contribution is -2.45. The summed E-state index contributed by atoms with van der Waals surface area (Å²) in [5, 5.41) is 5.41. The fourth-order valence-electron chi connectivity index (χ4n) is 3.33. The Morgan fingerprint density at radius 2 is 2.15 bits per heavy atom. The van der Waals surface area contributed by atoms with E-state index in [-0.39, 0.29) is 25.5 Å². The van der Waals surface area contributed by atoms with Crippen LogP contribution in [0.25, 0.3) is 0 Å². The average Bonchev–Trinajstić information content (AvgIpc) is 3.29. The molecule has 8 nitrogen and oxygen atoms in total. The van der Waals surface area contributed by atoms with Gasteiger partial charge in [0.25, 0.3) is 0 Å². The van der Waals surface area contributed by atoms with E-state index in [1.807, 2.05) is 0 Å². The van der Waals surface area contributed by atoms with E-state index in [1.165, 1.54) is 0 Å². The Hall–Kier alpha value is -2.74. The number of nitrogens with one attached hydrogen (secondary N) is 2. The number of urea groups is 1. The number of carbonyl (C=O) groups is 2. The van der Waals surface area contributed by atoms with Crippen LogP contribution in [0.4, 0.5) is 4.79 Å². The van der Waals surface area contributed by atoms with Crippen molar-refractivity contribution in [1.29, 1.82) is 0 Å². The number of hydrogen-bond donors (Lipinski definition) is 2. The third kappa shape index (κ3) is 3.20. The van der Waals surface area contributed by atoms with Crippen LogP contribution in [0.5, 0.6) is 11.5 Å². The smallest absolute Gasteiger partial charge is 0.338 e. The largest absolute Gasteiger partial charge is 0.459 e. The Kier molecular flexibility index (Phi) is 4.42. The van der Waals surface area contributed by atoms with E-state index >= 15 is 0 Å². The van der Waals surface area contributed by atoms with Crippen LogP contribution in [0.15, 0.2) is 29.5 Å². The zero-order valence-electron chi connectivity index (χ0n) is 14.4. The highest BCUT2D eigenvalue weighted by Gasteiger charge is 2.33. The summed E-state index contributed by atoms with van der Waals surface area (Å²) in [5.41, 5.74) is 1.54. The van der Waals surface area contributed by atoms with Crippen molar-refractivity contribution in [2.45, 2.75) is 31.9 Å². The van der Waals surface area contributed by atoms with E-state index < -0.39 is 12.0 Å². The molecule has 2 atom stereocenters. The molecule has 26 heavy (non-hydrogen) atoms. The van der Waals surface area contributed by atoms with Gasteiger partial charge in [0.05, 0.1) is 17.7 Å². The van der Waals surface area contributed by atoms with Crippen molar-refractivity contribution in [3.8, 4) is 11.5 Å². The van der Waals surface area contributed by atoms with Crippen LogP contribution >= 0.6 is 0 Å². The van der Waals surface area contributed by atoms with Crippen molar-refractivity contribution in [3.05, 3.63) is 35.0 Å². The molecule has 1 aromatic rings.